The third-order valence-corrected chi connectivity index (χ3v) is 4.90. The Bertz CT molecular complexity index is 542. The molecule has 146 valence electrons. The minimum absolute atomic E-state index is 0.125. The number of amides is 2. The van der Waals surface area contributed by atoms with Crippen molar-refractivity contribution in [3.05, 3.63) is 23.9 Å². The fourth-order valence-corrected chi connectivity index (χ4v) is 3.44. The molecule has 0 aromatic carbocycles. The number of ether oxygens (including phenoxy) is 1. The van der Waals surface area contributed by atoms with Crippen LogP contribution in [-0.2, 0) is 6.54 Å². The maximum absolute atomic E-state index is 12.2. The van der Waals surface area contributed by atoms with Gasteiger partial charge in [0.05, 0.1) is 6.61 Å². The predicted molar refractivity (Wildman–Crippen MR) is 104 cm³/mol. The minimum Gasteiger partial charge on any atom is -0.478 e. The predicted octanol–water partition coefficient (Wildman–Crippen LogP) is 3.18. The van der Waals surface area contributed by atoms with E-state index in [-0.39, 0.29) is 6.03 Å². The summed E-state index contributed by atoms with van der Waals surface area (Å²) < 4.78 is 5.39. The molecule has 2 rings (SSSR count). The van der Waals surface area contributed by atoms with Crippen molar-refractivity contribution < 1.29 is 9.53 Å². The van der Waals surface area contributed by atoms with E-state index in [0.717, 1.165) is 18.7 Å². The molecule has 1 aromatic rings. The van der Waals surface area contributed by atoms with Crippen LogP contribution in [-0.4, -0.2) is 48.2 Å². The van der Waals surface area contributed by atoms with E-state index >= 15 is 0 Å². The molecular weight excluding hydrogens is 328 g/mol. The van der Waals surface area contributed by atoms with Gasteiger partial charge in [0, 0.05) is 31.4 Å². The van der Waals surface area contributed by atoms with Crippen LogP contribution in [0.2, 0.25) is 0 Å². The van der Waals surface area contributed by atoms with Crippen molar-refractivity contribution in [2.75, 3.05) is 26.2 Å². The van der Waals surface area contributed by atoms with Crippen LogP contribution < -0.4 is 15.4 Å². The van der Waals surface area contributed by atoms with Gasteiger partial charge in [-0.25, -0.2) is 9.78 Å². The largest absolute Gasteiger partial charge is 0.478 e. The fraction of sp³-hybridized carbons (Fsp3) is 0.700. The summed E-state index contributed by atoms with van der Waals surface area (Å²) in [6.45, 7) is 10.4. The Morgan fingerprint density at radius 3 is 2.62 bits per heavy atom. The molecule has 1 fully saturated rings. The molecule has 2 heterocycles. The van der Waals surface area contributed by atoms with E-state index in [1.807, 2.05) is 19.1 Å². The van der Waals surface area contributed by atoms with Crippen molar-refractivity contribution >= 4 is 6.03 Å². The van der Waals surface area contributed by atoms with Crippen LogP contribution >= 0.6 is 0 Å². The number of rotatable bonds is 8. The van der Waals surface area contributed by atoms with Crippen LogP contribution in [0.3, 0.4) is 0 Å². The molecular formula is C20H34N4O2. The van der Waals surface area contributed by atoms with Crippen LogP contribution in [0.25, 0.3) is 0 Å². The summed E-state index contributed by atoms with van der Waals surface area (Å²) in [7, 11) is 0. The zero-order valence-electron chi connectivity index (χ0n) is 16.5. The number of nitrogens with one attached hydrogen (secondary N) is 2. The summed E-state index contributed by atoms with van der Waals surface area (Å²) in [6.07, 6.45) is 6.88. The van der Waals surface area contributed by atoms with Crippen LogP contribution in [0.5, 0.6) is 5.88 Å². The molecule has 1 aliphatic rings. The first-order valence-electron chi connectivity index (χ1n) is 9.93. The number of carbonyl (C=O) groups is 1. The average molecular weight is 363 g/mol. The molecule has 0 aliphatic carbocycles. The first kappa shape index (κ1) is 20.5. The number of likely N-dealkylation sites (tertiary alicyclic amines) is 1. The van der Waals surface area contributed by atoms with E-state index in [9.17, 15) is 4.79 Å². The molecule has 2 amide bonds. The third-order valence-electron chi connectivity index (χ3n) is 4.90. The van der Waals surface area contributed by atoms with E-state index in [1.165, 1.54) is 25.7 Å². The summed E-state index contributed by atoms with van der Waals surface area (Å²) >= 11 is 0. The molecule has 1 aromatic heterocycles. The van der Waals surface area contributed by atoms with Crippen molar-refractivity contribution in [2.24, 2.45) is 5.92 Å². The van der Waals surface area contributed by atoms with E-state index < -0.39 is 0 Å². The maximum Gasteiger partial charge on any atom is 0.315 e. The first-order valence-corrected chi connectivity index (χ1v) is 9.93. The highest BCUT2D eigenvalue weighted by molar-refractivity contribution is 5.73. The van der Waals surface area contributed by atoms with Crippen LogP contribution in [0, 0.1) is 5.92 Å². The zero-order valence-corrected chi connectivity index (χ0v) is 16.5. The van der Waals surface area contributed by atoms with E-state index in [4.69, 9.17) is 4.74 Å². The van der Waals surface area contributed by atoms with Gasteiger partial charge >= 0.3 is 6.03 Å². The second-order valence-electron chi connectivity index (χ2n) is 7.26. The van der Waals surface area contributed by atoms with Gasteiger partial charge in [-0.15, -0.1) is 0 Å². The number of pyridine rings is 1. The Morgan fingerprint density at radius 1 is 1.23 bits per heavy atom. The lowest BCUT2D eigenvalue weighted by Crippen LogP contribution is -2.49. The molecule has 0 spiro atoms. The smallest absolute Gasteiger partial charge is 0.315 e. The fourth-order valence-electron chi connectivity index (χ4n) is 3.44. The van der Waals surface area contributed by atoms with E-state index in [1.54, 1.807) is 6.20 Å². The molecule has 1 atom stereocenters. The van der Waals surface area contributed by atoms with Gasteiger partial charge < -0.3 is 15.4 Å². The van der Waals surface area contributed by atoms with Gasteiger partial charge in [0.2, 0.25) is 5.88 Å². The Balaban J connectivity index is 1.79. The zero-order chi connectivity index (χ0) is 18.8. The minimum atomic E-state index is -0.125. The van der Waals surface area contributed by atoms with Crippen LogP contribution in [0.15, 0.2) is 18.3 Å². The van der Waals surface area contributed by atoms with E-state index in [2.05, 4.69) is 34.4 Å². The Labute approximate surface area is 157 Å². The standard InChI is InChI=1S/C20H34N4O2/c1-4-26-19-13-17(9-10-21-19)14-22-20(25)23-15-18(16(2)3)24-11-7-5-6-8-12-24/h9-10,13,16,18H,4-8,11-12,14-15H2,1-3H3,(H2,22,23,25). The molecule has 1 unspecified atom stereocenters. The lowest BCUT2D eigenvalue weighted by atomic mass is 10.0. The molecule has 0 saturated carbocycles. The molecule has 0 bridgehead atoms. The molecule has 2 N–H and O–H groups in total. The number of hydrogen-bond donors (Lipinski definition) is 2. The highest BCUT2D eigenvalue weighted by Gasteiger charge is 2.23. The quantitative estimate of drug-likeness (QED) is 0.745. The summed E-state index contributed by atoms with van der Waals surface area (Å²) in [6, 6.07) is 4.01. The number of hydrogen-bond acceptors (Lipinski definition) is 4. The maximum atomic E-state index is 12.2. The highest BCUT2D eigenvalue weighted by Crippen LogP contribution is 2.17. The van der Waals surface area contributed by atoms with Crippen molar-refractivity contribution in [3.8, 4) is 5.88 Å². The lowest BCUT2D eigenvalue weighted by molar-refractivity contribution is 0.157. The summed E-state index contributed by atoms with van der Waals surface area (Å²) in [4.78, 5) is 18.9. The third kappa shape index (κ3) is 6.83. The monoisotopic (exact) mass is 362 g/mol. The average Bonchev–Trinajstić information content (AvgIpc) is 2.90. The van der Waals surface area contributed by atoms with Crippen molar-refractivity contribution in [3.63, 3.8) is 0 Å². The molecule has 1 saturated heterocycles. The summed E-state index contributed by atoms with van der Waals surface area (Å²) in [5.74, 6) is 1.11. The lowest BCUT2D eigenvalue weighted by Gasteiger charge is -2.33. The topological polar surface area (TPSA) is 66.5 Å². The van der Waals surface area contributed by atoms with Crippen molar-refractivity contribution in [1.82, 2.24) is 20.5 Å². The Kier molecular flexibility index (Phi) is 8.68. The van der Waals surface area contributed by atoms with Crippen molar-refractivity contribution in [1.29, 1.82) is 0 Å². The Morgan fingerprint density at radius 2 is 1.96 bits per heavy atom. The van der Waals surface area contributed by atoms with Gasteiger partial charge in [-0.05, 0) is 50.4 Å². The molecule has 6 nitrogen and oxygen atoms in total. The molecule has 0 radical (unpaired) electrons. The van der Waals surface area contributed by atoms with Gasteiger partial charge in [0.1, 0.15) is 0 Å². The normalized spacial score (nSPS) is 16.8. The number of carbonyl (C=O) groups excluding carboxylic acids is 1. The van der Waals surface area contributed by atoms with Gasteiger partial charge in [0.25, 0.3) is 0 Å². The number of nitrogens with zero attached hydrogens (tertiary/aromatic N) is 2. The second kappa shape index (κ2) is 11.0. The summed E-state index contributed by atoms with van der Waals surface area (Å²) in [5, 5.41) is 5.98. The molecule has 1 aliphatic heterocycles. The van der Waals surface area contributed by atoms with Crippen molar-refractivity contribution in [2.45, 2.75) is 59.0 Å². The second-order valence-corrected chi connectivity index (χ2v) is 7.26. The van der Waals surface area contributed by atoms with Crippen LogP contribution in [0.4, 0.5) is 4.79 Å². The van der Waals surface area contributed by atoms with Gasteiger partial charge in [0.15, 0.2) is 0 Å². The van der Waals surface area contributed by atoms with Gasteiger partial charge in [-0.1, -0.05) is 26.7 Å². The van der Waals surface area contributed by atoms with Gasteiger partial charge in [-0.3, -0.25) is 4.90 Å². The molecule has 26 heavy (non-hydrogen) atoms. The highest BCUT2D eigenvalue weighted by atomic mass is 16.5. The number of aromatic nitrogens is 1. The van der Waals surface area contributed by atoms with Gasteiger partial charge in [-0.2, -0.15) is 0 Å². The molecule has 6 heteroatoms. The summed E-state index contributed by atoms with van der Waals surface area (Å²) in [5.41, 5.74) is 0.978. The Hall–Kier alpha value is -1.82. The van der Waals surface area contributed by atoms with E-state index in [0.29, 0.717) is 37.5 Å². The van der Waals surface area contributed by atoms with Crippen LogP contribution in [0.1, 0.15) is 52.0 Å². The number of urea groups is 1. The SMILES string of the molecule is CCOc1cc(CNC(=O)NCC(C(C)C)N2CCCCCC2)ccn1. The first-order chi connectivity index (χ1) is 12.6.